The molecule has 1 atom stereocenters. The normalized spacial score (nSPS) is 34.0. The van der Waals surface area contributed by atoms with Crippen LogP contribution in [0.5, 0.6) is 0 Å². The summed E-state index contributed by atoms with van der Waals surface area (Å²) in [5.41, 5.74) is 1.64. The van der Waals surface area contributed by atoms with Crippen molar-refractivity contribution < 1.29 is 0 Å². The Balaban J connectivity index is 1.79. The Bertz CT molecular complexity index is 287. The van der Waals surface area contributed by atoms with Crippen molar-refractivity contribution >= 4 is 0 Å². The molecule has 2 fully saturated rings. The van der Waals surface area contributed by atoms with E-state index in [1.807, 2.05) is 0 Å². The molecule has 0 bridgehead atoms. The van der Waals surface area contributed by atoms with Crippen LogP contribution in [0.2, 0.25) is 0 Å². The van der Waals surface area contributed by atoms with Crippen LogP contribution in [0, 0.1) is 22.2 Å². The van der Waals surface area contributed by atoms with E-state index in [1.54, 1.807) is 0 Å². The third-order valence-electron chi connectivity index (χ3n) is 6.51. The minimum absolute atomic E-state index is 0.532. The number of hydrogen-bond acceptors (Lipinski definition) is 1. The van der Waals surface area contributed by atoms with Crippen LogP contribution in [-0.2, 0) is 0 Å². The molecular formula is C17H33N. The molecule has 18 heavy (non-hydrogen) atoms. The second kappa shape index (κ2) is 4.51. The predicted molar refractivity (Wildman–Crippen MR) is 79.7 cm³/mol. The highest BCUT2D eigenvalue weighted by atomic mass is 14.9. The van der Waals surface area contributed by atoms with Gasteiger partial charge in [0.2, 0.25) is 0 Å². The minimum Gasteiger partial charge on any atom is -0.314 e. The van der Waals surface area contributed by atoms with E-state index >= 15 is 0 Å². The summed E-state index contributed by atoms with van der Waals surface area (Å²) < 4.78 is 0. The van der Waals surface area contributed by atoms with Crippen LogP contribution in [0.3, 0.4) is 0 Å². The SMILES string of the molecule is CC1(C)CCCC(NCC2C(C)(C)C2(C)C)CC1. The Morgan fingerprint density at radius 3 is 2.06 bits per heavy atom. The van der Waals surface area contributed by atoms with E-state index in [1.165, 1.54) is 38.6 Å². The lowest BCUT2D eigenvalue weighted by Gasteiger charge is -2.22. The minimum atomic E-state index is 0.532. The highest BCUT2D eigenvalue weighted by Gasteiger charge is 2.63. The number of hydrogen-bond donors (Lipinski definition) is 1. The Hall–Kier alpha value is -0.0400. The zero-order valence-corrected chi connectivity index (χ0v) is 13.4. The highest BCUT2D eigenvalue weighted by molar-refractivity contribution is 5.13. The molecule has 0 aromatic carbocycles. The fourth-order valence-electron chi connectivity index (χ4n) is 3.99. The molecule has 0 radical (unpaired) electrons. The molecule has 0 amide bonds. The molecule has 1 nitrogen and oxygen atoms in total. The van der Waals surface area contributed by atoms with Crippen LogP contribution >= 0.6 is 0 Å². The standard InChI is InChI=1S/C17H33N/c1-15(2)10-7-8-13(9-11-15)18-12-14-16(3,4)17(14,5)6/h13-14,18H,7-12H2,1-6H3. The van der Waals surface area contributed by atoms with E-state index in [0.29, 0.717) is 16.2 Å². The van der Waals surface area contributed by atoms with Gasteiger partial charge in [-0.2, -0.15) is 0 Å². The first-order chi connectivity index (χ1) is 8.17. The average Bonchev–Trinajstić information content (AvgIpc) is 2.69. The molecule has 2 aliphatic carbocycles. The molecule has 0 aromatic rings. The summed E-state index contributed by atoms with van der Waals surface area (Å²) in [5, 5.41) is 3.87. The molecule has 1 unspecified atom stereocenters. The lowest BCUT2D eigenvalue weighted by molar-refractivity contribution is 0.309. The van der Waals surface area contributed by atoms with Gasteiger partial charge < -0.3 is 5.32 Å². The molecule has 0 spiro atoms. The Morgan fingerprint density at radius 1 is 0.889 bits per heavy atom. The van der Waals surface area contributed by atoms with Crippen molar-refractivity contribution in [2.75, 3.05) is 6.54 Å². The molecule has 1 heteroatoms. The Kier molecular flexibility index (Phi) is 3.60. The van der Waals surface area contributed by atoms with Crippen molar-refractivity contribution in [2.45, 2.75) is 79.7 Å². The van der Waals surface area contributed by atoms with Gasteiger partial charge in [0, 0.05) is 6.04 Å². The van der Waals surface area contributed by atoms with Crippen LogP contribution in [0.15, 0.2) is 0 Å². The molecule has 0 saturated heterocycles. The molecule has 0 aromatic heterocycles. The van der Waals surface area contributed by atoms with Gasteiger partial charge in [-0.3, -0.25) is 0 Å². The summed E-state index contributed by atoms with van der Waals surface area (Å²) in [6, 6.07) is 0.777. The smallest absolute Gasteiger partial charge is 0.00673 e. The fourth-order valence-corrected chi connectivity index (χ4v) is 3.99. The van der Waals surface area contributed by atoms with E-state index in [2.05, 4.69) is 46.9 Å². The molecular weight excluding hydrogens is 218 g/mol. The predicted octanol–water partition coefficient (Wildman–Crippen LogP) is 4.62. The van der Waals surface area contributed by atoms with Crippen LogP contribution < -0.4 is 5.32 Å². The van der Waals surface area contributed by atoms with E-state index in [9.17, 15) is 0 Å². The zero-order chi connectivity index (χ0) is 13.6. The topological polar surface area (TPSA) is 12.0 Å². The third-order valence-corrected chi connectivity index (χ3v) is 6.51. The van der Waals surface area contributed by atoms with Crippen LogP contribution in [0.25, 0.3) is 0 Å². The van der Waals surface area contributed by atoms with Crippen molar-refractivity contribution in [1.82, 2.24) is 5.32 Å². The maximum atomic E-state index is 3.87. The van der Waals surface area contributed by atoms with Crippen LogP contribution in [0.1, 0.15) is 73.6 Å². The maximum absolute atomic E-state index is 3.87. The van der Waals surface area contributed by atoms with Gasteiger partial charge in [0.05, 0.1) is 0 Å². The van der Waals surface area contributed by atoms with Gasteiger partial charge in [0.15, 0.2) is 0 Å². The first-order valence-electron chi connectivity index (χ1n) is 7.90. The molecule has 0 heterocycles. The van der Waals surface area contributed by atoms with Crippen molar-refractivity contribution in [2.24, 2.45) is 22.2 Å². The lowest BCUT2D eigenvalue weighted by Crippen LogP contribution is -2.31. The molecule has 1 N–H and O–H groups in total. The largest absolute Gasteiger partial charge is 0.314 e. The second-order valence-electron chi connectivity index (χ2n) is 8.70. The maximum Gasteiger partial charge on any atom is 0.00673 e. The van der Waals surface area contributed by atoms with Gasteiger partial charge in [-0.1, -0.05) is 48.0 Å². The summed E-state index contributed by atoms with van der Waals surface area (Å²) in [5.74, 6) is 0.862. The highest BCUT2D eigenvalue weighted by Crippen LogP contribution is 2.67. The summed E-state index contributed by atoms with van der Waals surface area (Å²) in [6.07, 6.45) is 6.97. The third kappa shape index (κ3) is 2.61. The monoisotopic (exact) mass is 251 g/mol. The lowest BCUT2D eigenvalue weighted by atomic mass is 9.85. The number of nitrogens with one attached hydrogen (secondary N) is 1. The first-order valence-corrected chi connectivity index (χ1v) is 7.90. The van der Waals surface area contributed by atoms with Gasteiger partial charge in [0.1, 0.15) is 0 Å². The van der Waals surface area contributed by atoms with Crippen molar-refractivity contribution in [3.63, 3.8) is 0 Å². The van der Waals surface area contributed by atoms with Crippen molar-refractivity contribution in [3.05, 3.63) is 0 Å². The van der Waals surface area contributed by atoms with E-state index < -0.39 is 0 Å². The molecule has 2 rings (SSSR count). The Morgan fingerprint density at radius 2 is 1.50 bits per heavy atom. The quantitative estimate of drug-likeness (QED) is 0.722. The first kappa shape index (κ1) is 14.4. The van der Waals surface area contributed by atoms with Gasteiger partial charge in [0.25, 0.3) is 0 Å². The van der Waals surface area contributed by atoms with Crippen molar-refractivity contribution in [1.29, 1.82) is 0 Å². The van der Waals surface area contributed by atoms with Crippen LogP contribution in [0.4, 0.5) is 0 Å². The molecule has 0 aliphatic heterocycles. The van der Waals surface area contributed by atoms with Gasteiger partial charge in [-0.25, -0.2) is 0 Å². The van der Waals surface area contributed by atoms with E-state index in [4.69, 9.17) is 0 Å². The van der Waals surface area contributed by atoms with Gasteiger partial charge >= 0.3 is 0 Å². The Labute approximate surface area is 114 Å². The summed E-state index contributed by atoms with van der Waals surface area (Å²) in [6.45, 7) is 15.8. The van der Waals surface area contributed by atoms with E-state index in [-0.39, 0.29) is 0 Å². The molecule has 106 valence electrons. The molecule has 2 saturated carbocycles. The molecule has 2 aliphatic rings. The zero-order valence-electron chi connectivity index (χ0n) is 13.4. The van der Waals surface area contributed by atoms with E-state index in [0.717, 1.165) is 12.0 Å². The average molecular weight is 251 g/mol. The number of rotatable bonds is 3. The summed E-state index contributed by atoms with van der Waals surface area (Å²) in [4.78, 5) is 0. The van der Waals surface area contributed by atoms with Crippen molar-refractivity contribution in [3.8, 4) is 0 Å². The van der Waals surface area contributed by atoms with Gasteiger partial charge in [-0.15, -0.1) is 0 Å². The van der Waals surface area contributed by atoms with Crippen LogP contribution in [-0.4, -0.2) is 12.6 Å². The fraction of sp³-hybridized carbons (Fsp3) is 1.00. The summed E-state index contributed by atoms with van der Waals surface area (Å²) in [7, 11) is 0. The summed E-state index contributed by atoms with van der Waals surface area (Å²) >= 11 is 0. The van der Waals surface area contributed by atoms with Gasteiger partial charge in [-0.05, 0) is 54.4 Å². The second-order valence-corrected chi connectivity index (χ2v) is 8.70.